The van der Waals surface area contributed by atoms with E-state index in [1.54, 1.807) is 18.2 Å². The number of benzene rings is 2. The number of halogens is 4. The number of ether oxygens (including phenoxy) is 2. The molecule has 5 aromatic rings. The summed E-state index contributed by atoms with van der Waals surface area (Å²) in [5.74, 6) is 0.0275. The van der Waals surface area contributed by atoms with E-state index in [1.165, 1.54) is 0 Å². The first-order valence-electron chi connectivity index (χ1n) is 13.2. The lowest BCUT2D eigenvalue weighted by Crippen LogP contribution is -2.30. The number of alkyl halides is 2. The lowest BCUT2D eigenvalue weighted by Gasteiger charge is -2.31. The van der Waals surface area contributed by atoms with Crippen molar-refractivity contribution in [3.8, 4) is 6.01 Å². The second-order valence-electron chi connectivity index (χ2n) is 10.4. The van der Waals surface area contributed by atoms with Crippen molar-refractivity contribution in [2.75, 3.05) is 31.2 Å². The van der Waals surface area contributed by atoms with Crippen LogP contribution in [-0.2, 0) is 4.74 Å². The summed E-state index contributed by atoms with van der Waals surface area (Å²) in [6.45, 7) is 4.34. The minimum absolute atomic E-state index is 0.0792. The van der Waals surface area contributed by atoms with Crippen LogP contribution in [0.25, 0.3) is 33.1 Å². The van der Waals surface area contributed by atoms with E-state index in [2.05, 4.69) is 21.5 Å². The van der Waals surface area contributed by atoms with Gasteiger partial charge in [-0.3, -0.25) is 4.57 Å². The van der Waals surface area contributed by atoms with Gasteiger partial charge in [-0.2, -0.15) is 4.98 Å². The Bertz CT molecular complexity index is 1740. The first kappa shape index (κ1) is 25.7. The SMILES string of the molecule is CC1COCC[C@H]1n1c(O[C@H]2CCN(c3nc(C(F)F)nc4c3oc3ccccc34)C2)nc2cc(Cl)cc(Cl)c21. The molecule has 1 unspecified atom stereocenters. The van der Waals surface area contributed by atoms with Crippen molar-refractivity contribution in [1.82, 2.24) is 19.5 Å². The predicted octanol–water partition coefficient (Wildman–Crippen LogP) is 7.23. The number of rotatable bonds is 5. The molecule has 5 heterocycles. The first-order valence-corrected chi connectivity index (χ1v) is 14.0. The summed E-state index contributed by atoms with van der Waals surface area (Å²) in [4.78, 5) is 15.1. The summed E-state index contributed by atoms with van der Waals surface area (Å²) in [6.07, 6.45) is -1.66. The fourth-order valence-electron chi connectivity index (χ4n) is 5.84. The molecule has 2 aromatic carbocycles. The molecule has 0 N–H and O–H groups in total. The van der Waals surface area contributed by atoms with Crippen LogP contribution in [0.4, 0.5) is 14.6 Å². The van der Waals surface area contributed by atoms with E-state index < -0.39 is 12.2 Å². The number of hydrogen-bond donors (Lipinski definition) is 0. The third-order valence-corrected chi connectivity index (χ3v) is 8.24. The molecule has 0 aliphatic carbocycles. The number of fused-ring (bicyclic) bond motifs is 4. The standard InChI is InChI=1S/C28H25Cl2F2N5O3/c1-14-13-38-9-7-20(14)37-23-18(30)10-15(29)11-19(23)33-28(37)39-16-6-8-36(12-16)27-24-22(34-26(35-27)25(31)32)17-4-2-3-5-21(17)40-24/h2-5,10-11,14,16,20,25H,6-9,12-13H2,1H3/t14?,16-,20+/m0/s1. The Morgan fingerprint density at radius 3 is 2.77 bits per heavy atom. The van der Waals surface area contributed by atoms with Crippen LogP contribution in [0.15, 0.2) is 40.8 Å². The van der Waals surface area contributed by atoms with Crippen LogP contribution >= 0.6 is 23.2 Å². The Labute approximate surface area is 237 Å². The highest BCUT2D eigenvalue weighted by atomic mass is 35.5. The number of anilines is 1. The Kier molecular flexibility index (Phi) is 6.44. The summed E-state index contributed by atoms with van der Waals surface area (Å²) < 4.78 is 48.0. The highest BCUT2D eigenvalue weighted by molar-refractivity contribution is 6.38. The smallest absolute Gasteiger partial charge is 0.298 e. The number of furan rings is 1. The Hall–Kier alpha value is -3.21. The van der Waals surface area contributed by atoms with Gasteiger partial charge in [-0.25, -0.2) is 18.7 Å². The second kappa shape index (κ2) is 10.0. The highest BCUT2D eigenvalue weighted by Crippen LogP contribution is 2.40. The number of para-hydroxylation sites is 1. The van der Waals surface area contributed by atoms with Gasteiger partial charge in [-0.1, -0.05) is 42.3 Å². The largest absolute Gasteiger partial charge is 0.459 e. The molecule has 0 amide bonds. The number of nitrogens with zero attached hydrogens (tertiary/aromatic N) is 5. The molecule has 2 saturated heterocycles. The third-order valence-electron chi connectivity index (χ3n) is 7.73. The van der Waals surface area contributed by atoms with Crippen LogP contribution in [0, 0.1) is 5.92 Å². The molecule has 0 saturated carbocycles. The quantitative estimate of drug-likeness (QED) is 0.215. The molecule has 3 aromatic heterocycles. The molecular formula is C28H25Cl2F2N5O3. The van der Waals surface area contributed by atoms with E-state index in [4.69, 9.17) is 42.1 Å². The molecule has 0 radical (unpaired) electrons. The van der Waals surface area contributed by atoms with Gasteiger partial charge in [0.15, 0.2) is 17.2 Å². The van der Waals surface area contributed by atoms with Crippen molar-refractivity contribution in [2.45, 2.75) is 38.3 Å². The predicted molar refractivity (Wildman–Crippen MR) is 149 cm³/mol. The fraction of sp³-hybridized carbons (Fsp3) is 0.393. The fourth-order valence-corrected chi connectivity index (χ4v) is 6.42. The third kappa shape index (κ3) is 4.33. The van der Waals surface area contributed by atoms with Crippen molar-refractivity contribution in [3.05, 3.63) is 52.3 Å². The van der Waals surface area contributed by atoms with Crippen LogP contribution in [-0.4, -0.2) is 51.9 Å². The monoisotopic (exact) mass is 587 g/mol. The van der Waals surface area contributed by atoms with Crippen LogP contribution in [0.2, 0.25) is 10.0 Å². The molecule has 12 heteroatoms. The van der Waals surface area contributed by atoms with Gasteiger partial charge in [0.2, 0.25) is 0 Å². The molecule has 2 aliphatic heterocycles. The topological polar surface area (TPSA) is 78.4 Å². The maximum Gasteiger partial charge on any atom is 0.298 e. The van der Waals surface area contributed by atoms with Crippen LogP contribution in [0.5, 0.6) is 6.01 Å². The minimum Gasteiger partial charge on any atom is -0.459 e. The Balaban J connectivity index is 1.24. The van der Waals surface area contributed by atoms with E-state index in [-0.39, 0.29) is 18.1 Å². The molecule has 0 bridgehead atoms. The average molecular weight is 588 g/mol. The van der Waals surface area contributed by atoms with Gasteiger partial charge in [0.25, 0.3) is 12.4 Å². The molecule has 3 atom stereocenters. The Morgan fingerprint density at radius 1 is 1.10 bits per heavy atom. The van der Waals surface area contributed by atoms with E-state index in [0.717, 1.165) is 11.9 Å². The number of imidazole rings is 1. The minimum atomic E-state index is -2.82. The molecule has 7 rings (SSSR count). The summed E-state index contributed by atoms with van der Waals surface area (Å²) in [7, 11) is 0. The van der Waals surface area contributed by atoms with Gasteiger partial charge in [0.05, 0.1) is 29.2 Å². The maximum atomic E-state index is 13.8. The number of hydrogen-bond acceptors (Lipinski definition) is 7. The normalized spacial score (nSPS) is 21.9. The van der Waals surface area contributed by atoms with E-state index in [1.807, 2.05) is 23.1 Å². The molecule has 2 aliphatic rings. The highest BCUT2D eigenvalue weighted by Gasteiger charge is 2.34. The van der Waals surface area contributed by atoms with Gasteiger partial charge < -0.3 is 18.8 Å². The zero-order valence-corrected chi connectivity index (χ0v) is 23.0. The molecule has 0 spiro atoms. The van der Waals surface area contributed by atoms with Crippen molar-refractivity contribution >= 4 is 62.1 Å². The lowest BCUT2D eigenvalue weighted by atomic mass is 9.97. The van der Waals surface area contributed by atoms with Gasteiger partial charge in [0, 0.05) is 41.9 Å². The number of aromatic nitrogens is 4. The van der Waals surface area contributed by atoms with E-state index >= 15 is 0 Å². The molecule has 2 fully saturated rings. The van der Waals surface area contributed by atoms with Gasteiger partial charge >= 0.3 is 0 Å². The van der Waals surface area contributed by atoms with Gasteiger partial charge in [0.1, 0.15) is 17.2 Å². The lowest BCUT2D eigenvalue weighted by molar-refractivity contribution is 0.0260. The van der Waals surface area contributed by atoms with Crippen molar-refractivity contribution in [1.29, 1.82) is 0 Å². The summed E-state index contributed by atoms with van der Waals surface area (Å²) in [6, 6.07) is 11.3. The summed E-state index contributed by atoms with van der Waals surface area (Å²) in [5, 5.41) is 1.67. The van der Waals surface area contributed by atoms with Crippen LogP contribution in [0.3, 0.4) is 0 Å². The van der Waals surface area contributed by atoms with Crippen LogP contribution in [0.1, 0.15) is 38.1 Å². The Morgan fingerprint density at radius 2 is 1.95 bits per heavy atom. The zero-order chi connectivity index (χ0) is 27.5. The van der Waals surface area contributed by atoms with Crippen molar-refractivity contribution in [2.24, 2.45) is 5.92 Å². The second-order valence-corrected chi connectivity index (χ2v) is 11.2. The maximum absolute atomic E-state index is 13.8. The molecule has 8 nitrogen and oxygen atoms in total. The van der Waals surface area contributed by atoms with Crippen molar-refractivity contribution in [3.63, 3.8) is 0 Å². The van der Waals surface area contributed by atoms with Gasteiger partial charge in [-0.15, -0.1) is 0 Å². The summed E-state index contributed by atoms with van der Waals surface area (Å²) in [5.41, 5.74) is 2.76. The van der Waals surface area contributed by atoms with Gasteiger partial charge in [-0.05, 0) is 30.7 Å². The zero-order valence-electron chi connectivity index (χ0n) is 21.5. The van der Waals surface area contributed by atoms with E-state index in [9.17, 15) is 8.78 Å². The molecule has 208 valence electrons. The molecule has 40 heavy (non-hydrogen) atoms. The summed E-state index contributed by atoms with van der Waals surface area (Å²) >= 11 is 13.0. The van der Waals surface area contributed by atoms with Crippen molar-refractivity contribution < 1.29 is 22.7 Å². The van der Waals surface area contributed by atoms with E-state index in [0.29, 0.717) is 82.2 Å². The van der Waals surface area contributed by atoms with Crippen LogP contribution < -0.4 is 9.64 Å². The molecular weight excluding hydrogens is 563 g/mol. The first-order chi connectivity index (χ1) is 19.4. The average Bonchev–Trinajstić information content (AvgIpc) is 3.64.